The van der Waals surface area contributed by atoms with Crippen LogP contribution in [0, 0.1) is 0 Å². The van der Waals surface area contributed by atoms with Crippen molar-refractivity contribution in [2.24, 2.45) is 0 Å². The molecular formula is C14H22N2O2. The molecule has 0 radical (unpaired) electrons. The van der Waals surface area contributed by atoms with E-state index in [2.05, 4.69) is 19.2 Å². The molecule has 1 unspecified atom stereocenters. The Morgan fingerprint density at radius 2 is 2.17 bits per heavy atom. The van der Waals surface area contributed by atoms with Gasteiger partial charge >= 0.3 is 0 Å². The number of rotatable bonds is 6. The first-order chi connectivity index (χ1) is 8.62. The summed E-state index contributed by atoms with van der Waals surface area (Å²) in [5.74, 6) is 0.408. The number of hydrogen-bond donors (Lipinski definition) is 2. The van der Waals surface area contributed by atoms with E-state index < -0.39 is 0 Å². The molecular weight excluding hydrogens is 228 g/mol. The zero-order valence-electron chi connectivity index (χ0n) is 11.3. The molecule has 100 valence electrons. The number of methoxy groups -OCH3 is 1. The Hall–Kier alpha value is -1.71. The molecule has 0 bridgehead atoms. The quantitative estimate of drug-likeness (QED) is 0.763. The van der Waals surface area contributed by atoms with E-state index in [1.54, 1.807) is 18.2 Å². The van der Waals surface area contributed by atoms with Gasteiger partial charge in [-0.1, -0.05) is 20.3 Å². The number of hydrogen-bond acceptors (Lipinski definition) is 3. The lowest BCUT2D eigenvalue weighted by Crippen LogP contribution is -2.34. The van der Waals surface area contributed by atoms with Gasteiger partial charge in [0.2, 0.25) is 0 Å². The molecule has 0 aliphatic heterocycles. The van der Waals surface area contributed by atoms with Gasteiger partial charge < -0.3 is 15.8 Å². The van der Waals surface area contributed by atoms with Crippen LogP contribution in [0.15, 0.2) is 18.2 Å². The molecule has 0 fully saturated rings. The maximum absolute atomic E-state index is 12.1. The molecule has 0 aliphatic rings. The largest absolute Gasteiger partial charge is 0.496 e. The maximum atomic E-state index is 12.1. The number of carbonyl (C=O) groups is 1. The zero-order chi connectivity index (χ0) is 13.5. The predicted octanol–water partition coefficient (Wildman–Crippen LogP) is 2.59. The fourth-order valence-corrected chi connectivity index (χ4v) is 1.89. The third kappa shape index (κ3) is 3.65. The molecule has 0 aliphatic carbocycles. The summed E-state index contributed by atoms with van der Waals surface area (Å²) in [5, 5.41) is 3.02. The minimum atomic E-state index is -0.104. The van der Waals surface area contributed by atoms with Crippen molar-refractivity contribution in [1.29, 1.82) is 0 Å². The van der Waals surface area contributed by atoms with E-state index in [9.17, 15) is 4.79 Å². The van der Waals surface area contributed by atoms with E-state index in [4.69, 9.17) is 10.5 Å². The number of anilines is 1. The van der Waals surface area contributed by atoms with Gasteiger partial charge in [-0.2, -0.15) is 0 Å². The number of nitrogens with one attached hydrogen (secondary N) is 1. The van der Waals surface area contributed by atoms with Crippen LogP contribution in [0.5, 0.6) is 5.75 Å². The Morgan fingerprint density at radius 1 is 1.44 bits per heavy atom. The van der Waals surface area contributed by atoms with Crippen LogP contribution in [0.1, 0.15) is 43.5 Å². The van der Waals surface area contributed by atoms with Crippen LogP contribution < -0.4 is 15.8 Å². The lowest BCUT2D eigenvalue weighted by atomic mass is 10.1. The van der Waals surface area contributed by atoms with Crippen LogP contribution in [0.4, 0.5) is 5.69 Å². The Bertz CT molecular complexity index is 405. The van der Waals surface area contributed by atoms with Crippen molar-refractivity contribution in [3.63, 3.8) is 0 Å². The van der Waals surface area contributed by atoms with E-state index in [1.165, 1.54) is 7.11 Å². The molecule has 0 heterocycles. The van der Waals surface area contributed by atoms with E-state index in [0.717, 1.165) is 19.3 Å². The first-order valence-electron chi connectivity index (χ1n) is 6.36. The van der Waals surface area contributed by atoms with Gasteiger partial charge in [-0.25, -0.2) is 0 Å². The van der Waals surface area contributed by atoms with E-state index in [-0.39, 0.29) is 11.9 Å². The average Bonchev–Trinajstić information content (AvgIpc) is 2.37. The average molecular weight is 250 g/mol. The normalized spacial score (nSPS) is 11.9. The number of benzene rings is 1. The Morgan fingerprint density at radius 3 is 2.72 bits per heavy atom. The molecule has 1 atom stereocenters. The van der Waals surface area contributed by atoms with Crippen molar-refractivity contribution in [3.8, 4) is 5.75 Å². The summed E-state index contributed by atoms with van der Waals surface area (Å²) in [6, 6.07) is 5.28. The first kappa shape index (κ1) is 14.4. The molecule has 4 heteroatoms. The minimum absolute atomic E-state index is 0.104. The van der Waals surface area contributed by atoms with Crippen LogP contribution in [0.2, 0.25) is 0 Å². The van der Waals surface area contributed by atoms with Gasteiger partial charge in [-0.15, -0.1) is 0 Å². The predicted molar refractivity (Wildman–Crippen MR) is 73.9 cm³/mol. The Labute approximate surface area is 109 Å². The lowest BCUT2D eigenvalue weighted by Gasteiger charge is -2.17. The lowest BCUT2D eigenvalue weighted by molar-refractivity contribution is 0.0930. The van der Waals surface area contributed by atoms with Crippen LogP contribution in [0.3, 0.4) is 0 Å². The first-order valence-corrected chi connectivity index (χ1v) is 6.36. The SMILES string of the molecule is CCCC(CC)NC(=O)c1ccc(N)cc1OC. The van der Waals surface area contributed by atoms with E-state index in [0.29, 0.717) is 17.0 Å². The standard InChI is InChI=1S/C14H22N2O2/c1-4-6-11(5-2)16-14(17)12-8-7-10(15)9-13(12)18-3/h7-9,11H,4-6,15H2,1-3H3,(H,16,17). The summed E-state index contributed by atoms with van der Waals surface area (Å²) in [5.41, 5.74) is 6.78. The van der Waals surface area contributed by atoms with Crippen molar-refractivity contribution in [1.82, 2.24) is 5.32 Å². The summed E-state index contributed by atoms with van der Waals surface area (Å²) in [6.07, 6.45) is 2.97. The number of ether oxygens (including phenoxy) is 1. The fourth-order valence-electron chi connectivity index (χ4n) is 1.89. The van der Waals surface area contributed by atoms with Gasteiger partial charge in [0.05, 0.1) is 12.7 Å². The Kier molecular flexibility index (Phi) is 5.49. The molecule has 1 aromatic rings. The monoisotopic (exact) mass is 250 g/mol. The highest BCUT2D eigenvalue weighted by molar-refractivity contribution is 5.97. The third-order valence-electron chi connectivity index (χ3n) is 2.94. The molecule has 18 heavy (non-hydrogen) atoms. The second kappa shape index (κ2) is 6.89. The minimum Gasteiger partial charge on any atom is -0.496 e. The zero-order valence-corrected chi connectivity index (χ0v) is 11.3. The number of amides is 1. The van der Waals surface area contributed by atoms with Crippen LogP contribution in [-0.2, 0) is 0 Å². The van der Waals surface area contributed by atoms with Gasteiger partial charge in [0, 0.05) is 17.8 Å². The van der Waals surface area contributed by atoms with Crippen molar-refractivity contribution in [2.75, 3.05) is 12.8 Å². The summed E-state index contributed by atoms with van der Waals surface area (Å²) < 4.78 is 5.18. The van der Waals surface area contributed by atoms with Crippen LogP contribution in [-0.4, -0.2) is 19.1 Å². The molecule has 4 nitrogen and oxygen atoms in total. The highest BCUT2D eigenvalue weighted by atomic mass is 16.5. The molecule has 1 amide bonds. The fraction of sp³-hybridized carbons (Fsp3) is 0.500. The molecule has 1 rings (SSSR count). The van der Waals surface area contributed by atoms with Crippen molar-refractivity contribution in [3.05, 3.63) is 23.8 Å². The molecule has 3 N–H and O–H groups in total. The van der Waals surface area contributed by atoms with Gasteiger partial charge in [0.15, 0.2) is 0 Å². The molecule has 0 spiro atoms. The van der Waals surface area contributed by atoms with Crippen LogP contribution >= 0.6 is 0 Å². The summed E-state index contributed by atoms with van der Waals surface area (Å²) in [4.78, 5) is 12.1. The molecule has 0 saturated carbocycles. The van der Waals surface area contributed by atoms with Gasteiger partial charge in [0.25, 0.3) is 5.91 Å². The van der Waals surface area contributed by atoms with Crippen molar-refractivity contribution < 1.29 is 9.53 Å². The van der Waals surface area contributed by atoms with E-state index in [1.807, 2.05) is 0 Å². The van der Waals surface area contributed by atoms with Crippen molar-refractivity contribution >= 4 is 11.6 Å². The smallest absolute Gasteiger partial charge is 0.255 e. The highest BCUT2D eigenvalue weighted by Gasteiger charge is 2.15. The topological polar surface area (TPSA) is 64.4 Å². The van der Waals surface area contributed by atoms with E-state index >= 15 is 0 Å². The summed E-state index contributed by atoms with van der Waals surface area (Å²) >= 11 is 0. The third-order valence-corrected chi connectivity index (χ3v) is 2.94. The summed E-state index contributed by atoms with van der Waals surface area (Å²) in [7, 11) is 1.54. The number of nitrogen functional groups attached to an aromatic ring is 1. The second-order valence-electron chi connectivity index (χ2n) is 4.33. The van der Waals surface area contributed by atoms with Crippen LogP contribution in [0.25, 0.3) is 0 Å². The van der Waals surface area contributed by atoms with Gasteiger partial charge in [-0.05, 0) is 25.0 Å². The second-order valence-corrected chi connectivity index (χ2v) is 4.33. The van der Waals surface area contributed by atoms with Gasteiger partial charge in [-0.3, -0.25) is 4.79 Å². The molecule has 1 aromatic carbocycles. The number of carbonyl (C=O) groups excluding carboxylic acids is 1. The summed E-state index contributed by atoms with van der Waals surface area (Å²) in [6.45, 7) is 4.18. The molecule has 0 saturated heterocycles. The van der Waals surface area contributed by atoms with Crippen molar-refractivity contribution in [2.45, 2.75) is 39.2 Å². The highest BCUT2D eigenvalue weighted by Crippen LogP contribution is 2.21. The maximum Gasteiger partial charge on any atom is 0.255 e. The number of nitrogens with two attached hydrogens (primary N) is 1. The molecule has 0 aromatic heterocycles. The Balaban J connectivity index is 2.83. The van der Waals surface area contributed by atoms with Gasteiger partial charge in [0.1, 0.15) is 5.75 Å².